The highest BCUT2D eigenvalue weighted by molar-refractivity contribution is 14.1. The van der Waals surface area contributed by atoms with Gasteiger partial charge in [0.15, 0.2) is 23.0 Å². The number of carbonyl (C=O) groups is 1. The topological polar surface area (TPSA) is 43.1 Å². The molecule has 0 unspecified atom stereocenters. The van der Waals surface area contributed by atoms with Crippen LogP contribution in [0.1, 0.15) is 10.5 Å². The van der Waals surface area contributed by atoms with Crippen molar-refractivity contribution in [2.24, 2.45) is 0 Å². The third-order valence-corrected chi connectivity index (χ3v) is 2.16. The molecule has 1 heterocycles. The van der Waals surface area contributed by atoms with Crippen molar-refractivity contribution in [1.29, 1.82) is 0 Å². The first-order chi connectivity index (χ1) is 5.25. The lowest BCUT2D eigenvalue weighted by Gasteiger charge is -1.92. The molecule has 11 heavy (non-hydrogen) atoms. The summed E-state index contributed by atoms with van der Waals surface area (Å²) in [6.07, 6.45) is 3.07. The highest BCUT2D eigenvalue weighted by Gasteiger charge is 2.14. The number of hydrogen-bond acceptors (Lipinski definition) is 3. The fraction of sp³-hybridized carbons (Fsp3) is 0. The quantitative estimate of drug-likeness (QED) is 0.689. The van der Waals surface area contributed by atoms with Crippen LogP contribution in [0.15, 0.2) is 18.6 Å². The van der Waals surface area contributed by atoms with E-state index in [9.17, 15) is 4.79 Å². The standard InChI is InChI=1S/C5H3I2N2O2/c6-9-3-8-2-1-4(9)5(10)11-7/h1-3H/q+1. The maximum absolute atomic E-state index is 11.0. The summed E-state index contributed by atoms with van der Waals surface area (Å²) < 4.78 is 6.06. The van der Waals surface area contributed by atoms with E-state index in [0.29, 0.717) is 5.69 Å². The van der Waals surface area contributed by atoms with E-state index in [1.54, 1.807) is 31.9 Å². The molecule has 0 fully saturated rings. The van der Waals surface area contributed by atoms with Crippen molar-refractivity contribution in [2.45, 2.75) is 0 Å². The lowest BCUT2D eigenvalue weighted by molar-refractivity contribution is -0.448. The number of carbonyl (C=O) groups excluding carboxylic acids is 1. The van der Waals surface area contributed by atoms with Crippen LogP contribution in [0.3, 0.4) is 0 Å². The van der Waals surface area contributed by atoms with Crippen molar-refractivity contribution in [2.75, 3.05) is 0 Å². The van der Waals surface area contributed by atoms with E-state index >= 15 is 0 Å². The van der Waals surface area contributed by atoms with Crippen LogP contribution in [0.2, 0.25) is 0 Å². The number of halogens is 2. The van der Waals surface area contributed by atoms with Gasteiger partial charge in [-0.3, -0.25) is 0 Å². The zero-order valence-corrected chi connectivity index (χ0v) is 9.51. The molecule has 4 nitrogen and oxygen atoms in total. The zero-order chi connectivity index (χ0) is 8.27. The normalized spacial score (nSPS) is 9.27. The molecule has 6 heteroatoms. The highest BCUT2D eigenvalue weighted by atomic mass is 127. The lowest BCUT2D eigenvalue weighted by atomic mass is 10.4. The minimum Gasteiger partial charge on any atom is -0.388 e. The monoisotopic (exact) mass is 377 g/mol. The summed E-state index contributed by atoms with van der Waals surface area (Å²) in [4.78, 5) is 14.8. The largest absolute Gasteiger partial charge is 0.388 e. The zero-order valence-electron chi connectivity index (χ0n) is 5.20. The molecular weight excluding hydrogens is 374 g/mol. The first kappa shape index (κ1) is 9.10. The Morgan fingerprint density at radius 2 is 2.45 bits per heavy atom. The number of nitrogens with zero attached hydrogens (tertiary/aromatic N) is 2. The second kappa shape index (κ2) is 4.14. The maximum atomic E-state index is 11.0. The van der Waals surface area contributed by atoms with Crippen molar-refractivity contribution < 1.29 is 10.6 Å². The molecular formula is C5H3I2N2O2+. The van der Waals surface area contributed by atoms with Crippen molar-refractivity contribution in [1.82, 2.24) is 4.98 Å². The van der Waals surface area contributed by atoms with Crippen molar-refractivity contribution in [3.05, 3.63) is 24.3 Å². The average Bonchev–Trinajstić information content (AvgIpc) is 2.04. The number of aromatic nitrogens is 2. The van der Waals surface area contributed by atoms with E-state index in [4.69, 9.17) is 0 Å². The third-order valence-electron chi connectivity index (χ3n) is 0.996. The van der Waals surface area contributed by atoms with Crippen molar-refractivity contribution >= 4 is 51.8 Å². The molecule has 0 aliphatic carbocycles. The van der Waals surface area contributed by atoms with Crippen LogP contribution in [0.4, 0.5) is 0 Å². The first-order valence-electron chi connectivity index (χ1n) is 2.60. The summed E-state index contributed by atoms with van der Waals surface area (Å²) in [5, 5.41) is 0. The van der Waals surface area contributed by atoms with E-state index in [-0.39, 0.29) is 5.97 Å². The molecule has 0 aromatic carbocycles. The predicted molar refractivity (Wildman–Crippen MR) is 53.3 cm³/mol. The predicted octanol–water partition coefficient (Wildman–Crippen LogP) is 1.07. The van der Waals surface area contributed by atoms with E-state index in [1.807, 2.05) is 22.9 Å². The molecule has 58 valence electrons. The van der Waals surface area contributed by atoms with Gasteiger partial charge in [-0.1, -0.05) is 4.98 Å². The Hall–Kier alpha value is 0.0100. The van der Waals surface area contributed by atoms with E-state index < -0.39 is 0 Å². The molecule has 0 saturated heterocycles. The van der Waals surface area contributed by atoms with Gasteiger partial charge < -0.3 is 3.07 Å². The molecule has 0 saturated carbocycles. The van der Waals surface area contributed by atoms with Crippen LogP contribution in [0.5, 0.6) is 0 Å². The second-order valence-corrected chi connectivity index (χ2v) is 3.12. The Bertz CT molecular complexity index is 279. The van der Waals surface area contributed by atoms with Gasteiger partial charge in [-0.05, 0) is 0 Å². The average molecular weight is 377 g/mol. The van der Waals surface area contributed by atoms with Crippen LogP contribution < -0.4 is 2.78 Å². The minimum atomic E-state index is -0.373. The van der Waals surface area contributed by atoms with Gasteiger partial charge in [-0.15, -0.1) is 0 Å². The van der Waals surface area contributed by atoms with Gasteiger partial charge in [0, 0.05) is 6.07 Å². The molecule has 1 rings (SSSR count). The molecule has 0 aliphatic heterocycles. The summed E-state index contributed by atoms with van der Waals surface area (Å²) in [5.74, 6) is -0.373. The van der Waals surface area contributed by atoms with Crippen molar-refractivity contribution in [3.8, 4) is 0 Å². The molecule has 0 atom stereocenters. The molecule has 0 radical (unpaired) electrons. The summed E-state index contributed by atoms with van der Waals surface area (Å²) >= 11 is 3.50. The van der Waals surface area contributed by atoms with Gasteiger partial charge in [-0.2, -0.15) is 2.78 Å². The summed E-state index contributed by atoms with van der Waals surface area (Å²) in [6.45, 7) is 0. The summed E-state index contributed by atoms with van der Waals surface area (Å²) in [6, 6.07) is 1.59. The van der Waals surface area contributed by atoms with Crippen LogP contribution in [-0.4, -0.2) is 11.0 Å². The minimum absolute atomic E-state index is 0.373. The van der Waals surface area contributed by atoms with Gasteiger partial charge in [0.05, 0.1) is 0 Å². The van der Waals surface area contributed by atoms with Gasteiger partial charge in [0.2, 0.25) is 28.6 Å². The lowest BCUT2D eigenvalue weighted by Crippen LogP contribution is -2.29. The summed E-state index contributed by atoms with van der Waals surface area (Å²) in [5.41, 5.74) is 0.468. The van der Waals surface area contributed by atoms with Gasteiger partial charge in [0.25, 0.3) is 6.33 Å². The SMILES string of the molecule is O=C(OI)c1ccnc[n+]1I. The number of hydrogen-bond donors (Lipinski definition) is 0. The Balaban J connectivity index is 3.03. The van der Waals surface area contributed by atoms with Crippen LogP contribution >= 0.6 is 45.9 Å². The van der Waals surface area contributed by atoms with E-state index in [0.717, 1.165) is 0 Å². The fourth-order valence-electron chi connectivity index (χ4n) is 0.539. The fourth-order valence-corrected chi connectivity index (χ4v) is 1.27. The van der Waals surface area contributed by atoms with Gasteiger partial charge >= 0.3 is 5.97 Å². The highest BCUT2D eigenvalue weighted by Crippen LogP contribution is 1.98. The van der Waals surface area contributed by atoms with Crippen molar-refractivity contribution in [3.63, 3.8) is 0 Å². The molecule has 0 spiro atoms. The Kier molecular flexibility index (Phi) is 3.43. The summed E-state index contributed by atoms with van der Waals surface area (Å²) in [7, 11) is 0. The number of rotatable bonds is 1. The molecule has 0 aliphatic rings. The third kappa shape index (κ3) is 2.22. The second-order valence-electron chi connectivity index (χ2n) is 1.64. The Labute approximate surface area is 91.2 Å². The smallest absolute Gasteiger partial charge is 0.388 e. The van der Waals surface area contributed by atoms with Gasteiger partial charge in [0.1, 0.15) is 6.20 Å². The Morgan fingerprint density at radius 3 is 3.00 bits per heavy atom. The molecule has 1 aromatic heterocycles. The Morgan fingerprint density at radius 1 is 1.73 bits per heavy atom. The molecule has 0 bridgehead atoms. The first-order valence-corrected chi connectivity index (χ1v) is 4.45. The molecule has 0 amide bonds. The maximum Gasteiger partial charge on any atom is 0.388 e. The van der Waals surface area contributed by atoms with Crippen LogP contribution in [0.25, 0.3) is 0 Å². The van der Waals surface area contributed by atoms with Crippen LogP contribution in [-0.2, 0) is 3.07 Å². The molecule has 0 N–H and O–H groups in total. The van der Waals surface area contributed by atoms with Gasteiger partial charge in [-0.25, -0.2) is 4.79 Å². The van der Waals surface area contributed by atoms with Crippen LogP contribution in [0, 0.1) is 0 Å². The van der Waals surface area contributed by atoms with E-state index in [1.165, 1.54) is 12.5 Å². The van der Waals surface area contributed by atoms with E-state index in [2.05, 4.69) is 8.05 Å². The molecule has 1 aromatic rings.